The predicted octanol–water partition coefficient (Wildman–Crippen LogP) is 4.39. The lowest BCUT2D eigenvalue weighted by Gasteiger charge is -2.12. The van der Waals surface area contributed by atoms with Crippen LogP contribution in [0.3, 0.4) is 0 Å². The van der Waals surface area contributed by atoms with E-state index in [1.54, 1.807) is 14.2 Å². The van der Waals surface area contributed by atoms with E-state index in [9.17, 15) is 0 Å². The molecular weight excluding hydrogens is 308 g/mol. The molecule has 19 heavy (non-hydrogen) atoms. The van der Waals surface area contributed by atoms with Crippen molar-refractivity contribution in [2.24, 2.45) is 0 Å². The molecule has 0 aliphatic heterocycles. The first-order chi connectivity index (χ1) is 9.26. The summed E-state index contributed by atoms with van der Waals surface area (Å²) in [4.78, 5) is 0. The molecule has 0 aromatic heterocycles. The van der Waals surface area contributed by atoms with Gasteiger partial charge in [0.05, 0.1) is 14.2 Å². The Labute approximate surface area is 121 Å². The summed E-state index contributed by atoms with van der Waals surface area (Å²) < 4.78 is 16.3. The number of ether oxygens (including phenoxy) is 3. The Kier molecular flexibility index (Phi) is 4.68. The molecule has 0 saturated heterocycles. The van der Waals surface area contributed by atoms with Crippen molar-refractivity contribution in [3.05, 3.63) is 48.0 Å². The van der Waals surface area contributed by atoms with E-state index in [0.717, 1.165) is 16.6 Å². The molecule has 0 aliphatic carbocycles. The van der Waals surface area contributed by atoms with E-state index in [2.05, 4.69) is 15.9 Å². The van der Waals surface area contributed by atoms with Gasteiger partial charge in [-0.3, -0.25) is 0 Å². The van der Waals surface area contributed by atoms with Crippen LogP contribution in [0.2, 0.25) is 0 Å². The lowest BCUT2D eigenvalue weighted by atomic mass is 10.2. The fraction of sp³-hybridized carbons (Fsp3) is 0.200. The van der Waals surface area contributed by atoms with Gasteiger partial charge in [0.25, 0.3) is 0 Å². The Morgan fingerprint density at radius 2 is 1.47 bits per heavy atom. The number of benzene rings is 2. The molecule has 4 heteroatoms. The summed E-state index contributed by atoms with van der Waals surface area (Å²) in [5.74, 6) is 2.90. The maximum absolute atomic E-state index is 5.90. The first kappa shape index (κ1) is 13.7. The van der Waals surface area contributed by atoms with Crippen molar-refractivity contribution in [2.45, 2.75) is 5.33 Å². The van der Waals surface area contributed by atoms with Crippen molar-refractivity contribution < 1.29 is 14.2 Å². The molecule has 0 aliphatic rings. The van der Waals surface area contributed by atoms with Gasteiger partial charge >= 0.3 is 0 Å². The van der Waals surface area contributed by atoms with Gasteiger partial charge in [0.2, 0.25) is 0 Å². The van der Waals surface area contributed by atoms with Crippen LogP contribution in [0, 0.1) is 0 Å². The van der Waals surface area contributed by atoms with Crippen molar-refractivity contribution in [3.63, 3.8) is 0 Å². The highest BCUT2D eigenvalue weighted by Gasteiger charge is 2.06. The van der Waals surface area contributed by atoms with Gasteiger partial charge in [0.1, 0.15) is 23.0 Å². The van der Waals surface area contributed by atoms with Gasteiger partial charge in [-0.1, -0.05) is 34.1 Å². The van der Waals surface area contributed by atoms with Gasteiger partial charge in [-0.2, -0.15) is 0 Å². The van der Waals surface area contributed by atoms with Crippen LogP contribution in [0.1, 0.15) is 5.56 Å². The lowest BCUT2D eigenvalue weighted by Crippen LogP contribution is -1.92. The van der Waals surface area contributed by atoms with Gasteiger partial charge in [-0.15, -0.1) is 0 Å². The van der Waals surface area contributed by atoms with Crippen LogP contribution >= 0.6 is 15.9 Å². The predicted molar refractivity (Wildman–Crippen MR) is 78.7 cm³/mol. The average Bonchev–Trinajstić information content (AvgIpc) is 2.47. The largest absolute Gasteiger partial charge is 0.496 e. The SMILES string of the molecule is COc1cc(OC)cc(Oc2ccccc2CBr)c1. The molecule has 0 spiro atoms. The highest BCUT2D eigenvalue weighted by atomic mass is 79.9. The highest BCUT2D eigenvalue weighted by Crippen LogP contribution is 2.32. The number of rotatable bonds is 5. The van der Waals surface area contributed by atoms with Gasteiger partial charge < -0.3 is 14.2 Å². The fourth-order valence-electron chi connectivity index (χ4n) is 1.68. The normalized spacial score (nSPS) is 10.1. The van der Waals surface area contributed by atoms with Crippen LogP contribution in [0.15, 0.2) is 42.5 Å². The zero-order valence-corrected chi connectivity index (χ0v) is 12.4. The number of hydrogen-bond donors (Lipinski definition) is 0. The molecule has 0 atom stereocenters. The summed E-state index contributed by atoms with van der Waals surface area (Å²) in [6.07, 6.45) is 0. The Hall–Kier alpha value is -1.68. The molecule has 0 amide bonds. The molecule has 100 valence electrons. The highest BCUT2D eigenvalue weighted by molar-refractivity contribution is 9.08. The number of hydrogen-bond acceptors (Lipinski definition) is 3. The molecule has 0 heterocycles. The van der Waals surface area contributed by atoms with Crippen LogP contribution in [0.25, 0.3) is 0 Å². The number of methoxy groups -OCH3 is 2. The number of halogens is 1. The quantitative estimate of drug-likeness (QED) is 0.764. The summed E-state index contributed by atoms with van der Waals surface area (Å²) in [6, 6.07) is 13.3. The summed E-state index contributed by atoms with van der Waals surface area (Å²) in [5.41, 5.74) is 1.09. The van der Waals surface area contributed by atoms with E-state index in [4.69, 9.17) is 14.2 Å². The molecule has 0 radical (unpaired) electrons. The molecule has 2 aromatic carbocycles. The average molecular weight is 323 g/mol. The van der Waals surface area contributed by atoms with Crippen LogP contribution in [0.5, 0.6) is 23.0 Å². The minimum absolute atomic E-state index is 0.685. The first-order valence-electron chi connectivity index (χ1n) is 5.81. The van der Waals surface area contributed by atoms with E-state index in [-0.39, 0.29) is 0 Å². The lowest BCUT2D eigenvalue weighted by molar-refractivity contribution is 0.386. The molecule has 0 unspecified atom stereocenters. The molecule has 0 saturated carbocycles. The van der Waals surface area contributed by atoms with Crippen LogP contribution in [-0.2, 0) is 5.33 Å². The standard InChI is InChI=1S/C15H15BrO3/c1-17-12-7-13(18-2)9-14(8-12)19-15-6-4-3-5-11(15)10-16/h3-9H,10H2,1-2H3. The fourth-order valence-corrected chi connectivity index (χ4v) is 2.14. The molecule has 0 N–H and O–H groups in total. The number of alkyl halides is 1. The van der Waals surface area contributed by atoms with E-state index in [1.165, 1.54) is 0 Å². The zero-order chi connectivity index (χ0) is 13.7. The van der Waals surface area contributed by atoms with Crippen molar-refractivity contribution in [2.75, 3.05) is 14.2 Å². The molecule has 0 fully saturated rings. The van der Waals surface area contributed by atoms with Gasteiger partial charge in [-0.25, -0.2) is 0 Å². The second-order valence-corrected chi connectivity index (χ2v) is 4.45. The maximum Gasteiger partial charge on any atom is 0.134 e. The smallest absolute Gasteiger partial charge is 0.134 e. The topological polar surface area (TPSA) is 27.7 Å². The Morgan fingerprint density at radius 3 is 2.05 bits per heavy atom. The van der Waals surface area contributed by atoms with Crippen molar-refractivity contribution in [1.82, 2.24) is 0 Å². The van der Waals surface area contributed by atoms with Gasteiger partial charge in [0.15, 0.2) is 0 Å². The Bertz CT molecular complexity index is 533. The summed E-state index contributed by atoms with van der Waals surface area (Å²) >= 11 is 3.45. The van der Waals surface area contributed by atoms with E-state index >= 15 is 0 Å². The summed E-state index contributed by atoms with van der Waals surface area (Å²) in [6.45, 7) is 0. The van der Waals surface area contributed by atoms with Crippen LogP contribution < -0.4 is 14.2 Å². The van der Waals surface area contributed by atoms with E-state index < -0.39 is 0 Å². The second kappa shape index (κ2) is 6.48. The van der Waals surface area contributed by atoms with Crippen LogP contribution in [0.4, 0.5) is 0 Å². The summed E-state index contributed by atoms with van der Waals surface area (Å²) in [7, 11) is 3.23. The first-order valence-corrected chi connectivity index (χ1v) is 6.93. The Balaban J connectivity index is 2.32. The van der Waals surface area contributed by atoms with Crippen molar-refractivity contribution in [3.8, 4) is 23.0 Å². The molecule has 0 bridgehead atoms. The third kappa shape index (κ3) is 3.41. The minimum Gasteiger partial charge on any atom is -0.496 e. The zero-order valence-electron chi connectivity index (χ0n) is 10.9. The summed E-state index contributed by atoms with van der Waals surface area (Å²) in [5, 5.41) is 0.740. The third-order valence-corrected chi connectivity index (χ3v) is 3.27. The Morgan fingerprint density at radius 1 is 0.895 bits per heavy atom. The molecule has 2 aromatic rings. The van der Waals surface area contributed by atoms with Crippen molar-refractivity contribution in [1.29, 1.82) is 0 Å². The third-order valence-electron chi connectivity index (χ3n) is 2.67. The van der Waals surface area contributed by atoms with Crippen molar-refractivity contribution >= 4 is 15.9 Å². The molecular formula is C15H15BrO3. The second-order valence-electron chi connectivity index (χ2n) is 3.89. The van der Waals surface area contributed by atoms with E-state index in [0.29, 0.717) is 17.2 Å². The molecule has 3 nitrogen and oxygen atoms in total. The molecule has 2 rings (SSSR count). The minimum atomic E-state index is 0.685. The monoisotopic (exact) mass is 322 g/mol. The van der Waals surface area contributed by atoms with Gasteiger partial charge in [-0.05, 0) is 6.07 Å². The number of para-hydroxylation sites is 1. The van der Waals surface area contributed by atoms with E-state index in [1.807, 2.05) is 42.5 Å². The maximum atomic E-state index is 5.90. The van der Waals surface area contributed by atoms with Crippen LogP contribution in [-0.4, -0.2) is 14.2 Å². The van der Waals surface area contributed by atoms with Gasteiger partial charge in [0, 0.05) is 29.1 Å².